The second kappa shape index (κ2) is 15.4. The molecular weight excluding hydrogens is 671 g/mol. The van der Waals surface area contributed by atoms with E-state index in [0.29, 0.717) is 29.0 Å². The first kappa shape index (κ1) is 32.4. The molecule has 6 heterocycles. The molecule has 3 aromatic carbocycles. The number of aromatic hydroxyl groups is 1. The van der Waals surface area contributed by atoms with Gasteiger partial charge in [-0.2, -0.15) is 0 Å². The number of nitrogens with two attached hydrogens (primary N) is 1. The number of likely N-dealkylation sites (tertiary alicyclic amines) is 1. The smallest absolute Gasteiger partial charge is 0.169 e. The lowest BCUT2D eigenvalue weighted by atomic mass is 9.90. The summed E-state index contributed by atoms with van der Waals surface area (Å²) in [6.45, 7) is 6.24. The zero-order valence-corrected chi connectivity index (χ0v) is 31.0. The van der Waals surface area contributed by atoms with Gasteiger partial charge in [0.1, 0.15) is 5.75 Å². The number of hydrogen-bond acceptors (Lipinski definition) is 9. The molecule has 9 rings (SSSR count). The summed E-state index contributed by atoms with van der Waals surface area (Å²) in [5.74, 6) is 1.75. The number of fused-ring (bicyclic) bond motifs is 1. The number of nitrogen functional groups attached to an aromatic ring is 1. The van der Waals surface area contributed by atoms with Gasteiger partial charge in [-0.15, -0.1) is 10.2 Å². The average molecular weight is 726 g/mol. The van der Waals surface area contributed by atoms with Crippen molar-refractivity contribution in [2.24, 2.45) is 5.92 Å². The molecule has 3 saturated heterocycles. The van der Waals surface area contributed by atoms with Crippen molar-refractivity contribution in [3.63, 3.8) is 0 Å². The van der Waals surface area contributed by atoms with Gasteiger partial charge in [0, 0.05) is 94.7 Å². The van der Waals surface area contributed by atoms with Crippen LogP contribution in [0.15, 0.2) is 97.3 Å². The summed E-state index contributed by atoms with van der Waals surface area (Å²) in [6.07, 6.45) is 12.9. The van der Waals surface area contributed by atoms with Crippen molar-refractivity contribution in [2.45, 2.75) is 50.5 Å². The van der Waals surface area contributed by atoms with E-state index < -0.39 is 13.2 Å². The van der Waals surface area contributed by atoms with Gasteiger partial charge in [0.05, 0.1) is 30.6 Å². The van der Waals surface area contributed by atoms with Crippen LogP contribution in [-0.4, -0.2) is 83.7 Å². The largest absolute Gasteiger partial charge is 0.507 e. The quantitative estimate of drug-likeness (QED) is 0.153. The zero-order valence-electron chi connectivity index (χ0n) is 33.0. The summed E-state index contributed by atoms with van der Waals surface area (Å²) in [5.41, 5.74) is 13.5. The number of aromatic nitrogens is 3. The molecule has 0 bridgehead atoms. The van der Waals surface area contributed by atoms with Crippen LogP contribution in [0, 0.1) is 5.92 Å². The van der Waals surface area contributed by atoms with Gasteiger partial charge in [0.2, 0.25) is 0 Å². The van der Waals surface area contributed by atoms with Crippen LogP contribution in [0.25, 0.3) is 22.2 Å². The summed E-state index contributed by atoms with van der Waals surface area (Å²) >= 11 is 0. The molecule has 2 aromatic heterocycles. The molecule has 10 heteroatoms. The maximum atomic E-state index is 10.4. The molecule has 54 heavy (non-hydrogen) atoms. The van der Waals surface area contributed by atoms with Crippen molar-refractivity contribution >= 4 is 33.8 Å². The predicted octanol–water partition coefficient (Wildman–Crippen LogP) is 7.20. The molecule has 4 aliphatic rings. The number of hydrogen-bond donors (Lipinski definition) is 3. The fourth-order valence-electron chi connectivity index (χ4n) is 9.23. The average Bonchev–Trinajstić information content (AvgIpc) is 3.67. The van der Waals surface area contributed by atoms with Gasteiger partial charge < -0.3 is 35.0 Å². The standard InChI is InChI=1S/C44H53N9O/c45-44-42(28-39(47-48-44)37-7-1-2-10-43(37)54)51-21-4-6-34(30-51)33-11-13-35(14-12-33)50-25-15-32(16-26-50)29-49-23-17-36(18-24-49)53-27-19-38-40(8-3-9-41(38)53)52-22-5-20-46-31-52/h1-3,5,7-14,19,22,27-28,32,34,36,46,54H,4,6,15-18,20-21,23-26,29-31H2,(H2,45,48)/i20D,31D/t20?,31-,34?/m0/s1. The van der Waals surface area contributed by atoms with E-state index in [1.807, 2.05) is 29.3 Å². The molecule has 0 saturated carbocycles. The summed E-state index contributed by atoms with van der Waals surface area (Å²) in [6, 6.07) is 27.5. The minimum absolute atomic E-state index is 0.187. The number of para-hydroxylation sites is 1. The molecule has 3 atom stereocenters. The Morgan fingerprint density at radius 1 is 0.833 bits per heavy atom. The highest BCUT2D eigenvalue weighted by Gasteiger charge is 2.28. The minimum atomic E-state index is -0.669. The van der Waals surface area contributed by atoms with Gasteiger partial charge >= 0.3 is 0 Å². The number of nitrogens with zero attached hydrogens (tertiary/aromatic N) is 7. The maximum absolute atomic E-state index is 10.4. The zero-order chi connectivity index (χ0) is 38.2. The molecule has 0 radical (unpaired) electrons. The number of nitrogens with one attached hydrogen (secondary N) is 1. The predicted molar refractivity (Wildman–Crippen MR) is 220 cm³/mol. The lowest BCUT2D eigenvalue weighted by Gasteiger charge is -2.39. The number of anilines is 4. The van der Waals surface area contributed by atoms with Crippen molar-refractivity contribution in [3.8, 4) is 17.0 Å². The second-order valence-corrected chi connectivity index (χ2v) is 15.5. The van der Waals surface area contributed by atoms with E-state index in [4.69, 9.17) is 8.48 Å². The van der Waals surface area contributed by atoms with Crippen molar-refractivity contribution in [3.05, 3.63) is 103 Å². The summed E-state index contributed by atoms with van der Waals surface area (Å²) in [5, 5.41) is 23.1. The van der Waals surface area contributed by atoms with Crippen molar-refractivity contribution in [2.75, 3.05) is 79.4 Å². The molecule has 5 aromatic rings. The molecule has 280 valence electrons. The van der Waals surface area contributed by atoms with Crippen molar-refractivity contribution in [1.82, 2.24) is 25.0 Å². The maximum Gasteiger partial charge on any atom is 0.169 e. The minimum Gasteiger partial charge on any atom is -0.507 e. The van der Waals surface area contributed by atoms with Gasteiger partial charge in [-0.25, -0.2) is 0 Å². The van der Waals surface area contributed by atoms with E-state index in [1.165, 1.54) is 36.2 Å². The Hall–Kier alpha value is -5.06. The Kier molecular flexibility index (Phi) is 9.21. The third-order valence-corrected chi connectivity index (χ3v) is 12.2. The molecule has 0 spiro atoms. The van der Waals surface area contributed by atoms with Gasteiger partial charge in [0.25, 0.3) is 0 Å². The molecule has 2 unspecified atom stereocenters. The molecule has 4 N–H and O–H groups in total. The van der Waals surface area contributed by atoms with Gasteiger partial charge in [0.15, 0.2) is 5.82 Å². The topological polar surface area (TPSA) is 102 Å². The SMILES string of the molecule is [2H]C1C=CN(c2cccc3c2ccn3C2CCN(CC3CCN(c4ccc(C5CCCN(c6cc(-c7ccccc7O)nnc6N)C5)cc4)CC3)CC2)[C@@H]([2H])N1. The van der Waals surface area contributed by atoms with Crippen LogP contribution < -0.4 is 25.8 Å². The fraction of sp³-hybridized carbons (Fsp3) is 0.409. The first-order valence-corrected chi connectivity index (χ1v) is 19.8. The molecular formula is C44H53N9O. The number of benzene rings is 3. The van der Waals surface area contributed by atoms with Crippen LogP contribution in [0.3, 0.4) is 0 Å². The second-order valence-electron chi connectivity index (χ2n) is 15.5. The number of piperidine rings is 3. The van der Waals surface area contributed by atoms with Crippen LogP contribution in [0.5, 0.6) is 5.75 Å². The van der Waals surface area contributed by atoms with Crippen molar-refractivity contribution < 1.29 is 7.85 Å². The van der Waals surface area contributed by atoms with Gasteiger partial charge in [-0.1, -0.05) is 36.4 Å². The van der Waals surface area contributed by atoms with Gasteiger partial charge in [-0.05, 0) is 98.5 Å². The Morgan fingerprint density at radius 3 is 2.48 bits per heavy atom. The molecule has 0 amide bonds. The molecule has 3 fully saturated rings. The van der Waals surface area contributed by atoms with Crippen LogP contribution in [-0.2, 0) is 0 Å². The summed E-state index contributed by atoms with van der Waals surface area (Å²) in [7, 11) is 0. The van der Waals surface area contributed by atoms with E-state index >= 15 is 0 Å². The summed E-state index contributed by atoms with van der Waals surface area (Å²) in [4.78, 5) is 9.52. The first-order chi connectivity index (χ1) is 27.4. The van der Waals surface area contributed by atoms with Crippen LogP contribution >= 0.6 is 0 Å². The summed E-state index contributed by atoms with van der Waals surface area (Å²) < 4.78 is 18.9. The highest BCUT2D eigenvalue weighted by atomic mass is 16.3. The lowest BCUT2D eigenvalue weighted by molar-refractivity contribution is 0.154. The number of phenols is 1. The molecule has 10 nitrogen and oxygen atoms in total. The number of rotatable bonds is 8. The number of phenolic OH excluding ortho intramolecular Hbond substituents is 1. The van der Waals surface area contributed by atoms with E-state index in [-0.39, 0.29) is 5.75 Å². The lowest BCUT2D eigenvalue weighted by Crippen LogP contribution is -2.41. The molecule has 4 aliphatic heterocycles. The monoisotopic (exact) mass is 725 g/mol. The Morgan fingerprint density at radius 2 is 1.67 bits per heavy atom. The Labute approximate surface area is 321 Å². The van der Waals surface area contributed by atoms with E-state index in [9.17, 15) is 5.11 Å². The fourth-order valence-corrected chi connectivity index (χ4v) is 9.23. The highest BCUT2D eigenvalue weighted by Crippen LogP contribution is 2.37. The van der Waals surface area contributed by atoms with Crippen molar-refractivity contribution in [1.29, 1.82) is 0 Å². The first-order valence-electron chi connectivity index (χ1n) is 20.9. The van der Waals surface area contributed by atoms with E-state index in [2.05, 4.69) is 89.5 Å². The third kappa shape index (κ3) is 7.12. The Balaban J connectivity index is 0.763. The van der Waals surface area contributed by atoms with Crippen LogP contribution in [0.1, 0.15) is 58.8 Å². The van der Waals surface area contributed by atoms with Crippen LogP contribution in [0.4, 0.5) is 22.9 Å². The van der Waals surface area contributed by atoms with E-state index in [1.54, 1.807) is 18.2 Å². The normalized spacial score (nSPS) is 23.9. The van der Waals surface area contributed by atoms with Crippen LogP contribution in [0.2, 0.25) is 0 Å². The highest BCUT2D eigenvalue weighted by molar-refractivity contribution is 5.93. The van der Waals surface area contributed by atoms with Gasteiger partial charge in [-0.3, -0.25) is 5.32 Å². The van der Waals surface area contributed by atoms with E-state index in [0.717, 1.165) is 87.6 Å². The molecule has 0 aliphatic carbocycles. The third-order valence-electron chi connectivity index (χ3n) is 12.2. The Bertz CT molecular complexity index is 2160.